The summed E-state index contributed by atoms with van der Waals surface area (Å²) in [7, 11) is 0. The summed E-state index contributed by atoms with van der Waals surface area (Å²) in [5.41, 5.74) is 1.74. The van der Waals surface area contributed by atoms with Gasteiger partial charge in [0.15, 0.2) is 0 Å². The Hall–Kier alpha value is -2.16. The summed E-state index contributed by atoms with van der Waals surface area (Å²) in [5.74, 6) is 0. The van der Waals surface area contributed by atoms with E-state index < -0.39 is 11.6 Å². The van der Waals surface area contributed by atoms with Gasteiger partial charge in [-0.1, -0.05) is 66.7 Å². The van der Waals surface area contributed by atoms with E-state index in [0.717, 1.165) is 12.1 Å². The first kappa shape index (κ1) is 15.7. The lowest BCUT2D eigenvalue weighted by Crippen LogP contribution is -2.44. The zero-order valence-corrected chi connectivity index (χ0v) is 13.7. The molecule has 118 valence electrons. The van der Waals surface area contributed by atoms with Gasteiger partial charge in [-0.3, -0.25) is 0 Å². The predicted molar refractivity (Wildman–Crippen MR) is 96.3 cm³/mol. The average molecular weight is 305 g/mol. The Kier molecular flexibility index (Phi) is 4.46. The number of aliphatic hydroxyl groups is 1. The van der Waals surface area contributed by atoms with Crippen LogP contribution in [0.1, 0.15) is 31.1 Å². The molecule has 0 spiro atoms. The highest BCUT2D eigenvalue weighted by molar-refractivity contribution is 5.82. The van der Waals surface area contributed by atoms with Gasteiger partial charge >= 0.3 is 0 Å². The molecule has 0 bridgehead atoms. The molecule has 2 N–H and O–H groups in total. The monoisotopic (exact) mass is 305 g/mol. The lowest BCUT2D eigenvalue weighted by molar-refractivity contribution is 0.0792. The van der Waals surface area contributed by atoms with E-state index in [2.05, 4.69) is 47.8 Å². The van der Waals surface area contributed by atoms with E-state index in [-0.39, 0.29) is 0 Å². The van der Waals surface area contributed by atoms with Gasteiger partial charge in [-0.25, -0.2) is 0 Å². The normalized spacial score (nSPS) is 13.2. The van der Waals surface area contributed by atoms with E-state index in [4.69, 9.17) is 0 Å². The Balaban J connectivity index is 1.72. The molecular formula is C21H23NO. The molecule has 3 aromatic rings. The standard InChI is InChI=1S/C21H23NO/c1-21(2,20(23)18-9-4-3-5-10-18)22-15-16-12-13-17-8-6-7-11-19(17)14-16/h3-14,20,22-23H,15H2,1-2H3. The van der Waals surface area contributed by atoms with Gasteiger partial charge in [-0.2, -0.15) is 0 Å². The molecule has 2 nitrogen and oxygen atoms in total. The third kappa shape index (κ3) is 3.61. The molecule has 0 saturated heterocycles. The maximum Gasteiger partial charge on any atom is 0.0966 e. The fourth-order valence-corrected chi connectivity index (χ4v) is 2.83. The Labute approximate surface area is 137 Å². The molecule has 0 amide bonds. The summed E-state index contributed by atoms with van der Waals surface area (Å²) in [6.07, 6.45) is -0.552. The first-order valence-corrected chi connectivity index (χ1v) is 8.02. The molecule has 23 heavy (non-hydrogen) atoms. The minimum atomic E-state index is -0.552. The van der Waals surface area contributed by atoms with Gasteiger partial charge in [0.2, 0.25) is 0 Å². The molecule has 0 aliphatic rings. The summed E-state index contributed by atoms with van der Waals surface area (Å²) < 4.78 is 0. The molecular weight excluding hydrogens is 282 g/mol. The van der Waals surface area contributed by atoms with Crippen molar-refractivity contribution in [2.45, 2.75) is 32.0 Å². The Morgan fingerprint density at radius 3 is 2.26 bits per heavy atom. The van der Waals surface area contributed by atoms with Crippen LogP contribution in [0.15, 0.2) is 72.8 Å². The first-order chi connectivity index (χ1) is 11.1. The quantitative estimate of drug-likeness (QED) is 0.730. The first-order valence-electron chi connectivity index (χ1n) is 8.02. The van der Waals surface area contributed by atoms with Crippen LogP contribution >= 0.6 is 0 Å². The van der Waals surface area contributed by atoms with Gasteiger partial charge in [0.25, 0.3) is 0 Å². The van der Waals surface area contributed by atoms with Crippen LogP contribution in [0.25, 0.3) is 10.8 Å². The van der Waals surface area contributed by atoms with Crippen LogP contribution in [0.4, 0.5) is 0 Å². The summed E-state index contributed by atoms with van der Waals surface area (Å²) >= 11 is 0. The van der Waals surface area contributed by atoms with Gasteiger partial charge in [-0.15, -0.1) is 0 Å². The lowest BCUT2D eigenvalue weighted by Gasteiger charge is -2.32. The van der Waals surface area contributed by atoms with Crippen molar-refractivity contribution in [2.75, 3.05) is 0 Å². The molecule has 0 aliphatic carbocycles. The molecule has 0 heterocycles. The number of hydrogen-bond donors (Lipinski definition) is 2. The molecule has 3 rings (SSSR count). The Morgan fingerprint density at radius 2 is 1.52 bits per heavy atom. The fraction of sp³-hybridized carbons (Fsp3) is 0.238. The maximum atomic E-state index is 10.6. The lowest BCUT2D eigenvalue weighted by atomic mass is 9.91. The number of benzene rings is 3. The third-order valence-corrected chi connectivity index (χ3v) is 4.36. The second-order valence-electron chi connectivity index (χ2n) is 6.57. The van der Waals surface area contributed by atoms with Crippen molar-refractivity contribution >= 4 is 10.8 Å². The van der Waals surface area contributed by atoms with Crippen molar-refractivity contribution < 1.29 is 5.11 Å². The Bertz CT molecular complexity index is 780. The van der Waals surface area contributed by atoms with Crippen molar-refractivity contribution in [3.63, 3.8) is 0 Å². The predicted octanol–water partition coefficient (Wildman–Crippen LogP) is 4.44. The van der Waals surface area contributed by atoms with Crippen LogP contribution in [0.3, 0.4) is 0 Å². The number of aliphatic hydroxyl groups excluding tert-OH is 1. The molecule has 2 heteroatoms. The number of hydrogen-bond acceptors (Lipinski definition) is 2. The van der Waals surface area contributed by atoms with Crippen LogP contribution in [0, 0.1) is 0 Å². The van der Waals surface area contributed by atoms with Crippen LogP contribution in [0.5, 0.6) is 0 Å². The van der Waals surface area contributed by atoms with Gasteiger partial charge in [0.05, 0.1) is 6.10 Å². The molecule has 0 saturated carbocycles. The molecule has 1 unspecified atom stereocenters. The van der Waals surface area contributed by atoms with Crippen LogP contribution in [-0.4, -0.2) is 10.6 Å². The van der Waals surface area contributed by atoms with Crippen molar-refractivity contribution in [1.29, 1.82) is 0 Å². The average Bonchev–Trinajstić information content (AvgIpc) is 2.60. The van der Waals surface area contributed by atoms with Gasteiger partial charge in [0, 0.05) is 12.1 Å². The van der Waals surface area contributed by atoms with E-state index in [1.807, 2.05) is 44.2 Å². The fourth-order valence-electron chi connectivity index (χ4n) is 2.83. The highest BCUT2D eigenvalue weighted by Gasteiger charge is 2.28. The van der Waals surface area contributed by atoms with E-state index in [9.17, 15) is 5.11 Å². The van der Waals surface area contributed by atoms with E-state index in [1.54, 1.807) is 0 Å². The van der Waals surface area contributed by atoms with Crippen LogP contribution in [-0.2, 0) is 6.54 Å². The SMILES string of the molecule is CC(C)(NCc1ccc2ccccc2c1)C(O)c1ccccc1. The van der Waals surface area contributed by atoms with Crippen molar-refractivity contribution in [3.05, 3.63) is 83.9 Å². The molecule has 0 aromatic heterocycles. The molecule has 3 aromatic carbocycles. The third-order valence-electron chi connectivity index (χ3n) is 4.36. The Morgan fingerprint density at radius 1 is 0.870 bits per heavy atom. The minimum absolute atomic E-state index is 0.410. The van der Waals surface area contributed by atoms with Gasteiger partial charge in [-0.05, 0) is 41.8 Å². The van der Waals surface area contributed by atoms with Gasteiger partial charge < -0.3 is 10.4 Å². The van der Waals surface area contributed by atoms with Crippen LogP contribution in [0.2, 0.25) is 0 Å². The summed E-state index contributed by atoms with van der Waals surface area (Å²) in [4.78, 5) is 0. The van der Waals surface area contributed by atoms with Gasteiger partial charge in [0.1, 0.15) is 0 Å². The second kappa shape index (κ2) is 6.53. The summed E-state index contributed by atoms with van der Waals surface area (Å²) in [5, 5.41) is 16.6. The van der Waals surface area contributed by atoms with Crippen molar-refractivity contribution in [3.8, 4) is 0 Å². The van der Waals surface area contributed by atoms with E-state index >= 15 is 0 Å². The molecule has 1 atom stereocenters. The summed E-state index contributed by atoms with van der Waals surface area (Å²) in [6, 6.07) is 24.6. The molecule has 0 radical (unpaired) electrons. The number of rotatable bonds is 5. The largest absolute Gasteiger partial charge is 0.387 e. The zero-order valence-electron chi connectivity index (χ0n) is 13.7. The smallest absolute Gasteiger partial charge is 0.0966 e. The molecule has 0 fully saturated rings. The van der Waals surface area contributed by atoms with E-state index in [1.165, 1.54) is 16.3 Å². The van der Waals surface area contributed by atoms with Crippen molar-refractivity contribution in [2.24, 2.45) is 0 Å². The van der Waals surface area contributed by atoms with Crippen LogP contribution < -0.4 is 5.32 Å². The topological polar surface area (TPSA) is 32.3 Å². The number of nitrogens with one attached hydrogen (secondary N) is 1. The maximum absolute atomic E-state index is 10.6. The minimum Gasteiger partial charge on any atom is -0.387 e. The highest BCUT2D eigenvalue weighted by Crippen LogP contribution is 2.26. The van der Waals surface area contributed by atoms with E-state index in [0.29, 0.717) is 0 Å². The molecule has 0 aliphatic heterocycles. The van der Waals surface area contributed by atoms with Crippen molar-refractivity contribution in [1.82, 2.24) is 5.32 Å². The second-order valence-corrected chi connectivity index (χ2v) is 6.57. The highest BCUT2D eigenvalue weighted by atomic mass is 16.3. The number of fused-ring (bicyclic) bond motifs is 1. The zero-order chi connectivity index (χ0) is 16.3. The summed E-state index contributed by atoms with van der Waals surface area (Å²) in [6.45, 7) is 4.79.